The van der Waals surface area contributed by atoms with Gasteiger partial charge in [0, 0.05) is 18.1 Å². The molecule has 1 aromatic heterocycles. The van der Waals surface area contributed by atoms with Gasteiger partial charge in [-0.15, -0.1) is 0 Å². The number of alkyl halides is 1. The van der Waals surface area contributed by atoms with Crippen LogP contribution in [0.15, 0.2) is 18.3 Å². The van der Waals surface area contributed by atoms with Crippen LogP contribution >= 0.6 is 15.9 Å². The monoisotopic (exact) mass is 281 g/mol. The van der Waals surface area contributed by atoms with Crippen molar-refractivity contribution in [3.05, 3.63) is 29.6 Å². The number of hydrogen-bond acceptors (Lipinski definition) is 3. The van der Waals surface area contributed by atoms with Gasteiger partial charge in [-0.1, -0.05) is 22.9 Å². The Bertz CT molecular complexity index is 397. The summed E-state index contributed by atoms with van der Waals surface area (Å²) in [5.74, 6) is 0.166. The van der Waals surface area contributed by atoms with Crippen LogP contribution in [0.25, 0.3) is 0 Å². The zero-order valence-corrected chi connectivity index (χ0v) is 10.5. The van der Waals surface area contributed by atoms with Crippen molar-refractivity contribution in [2.75, 3.05) is 11.9 Å². The lowest BCUT2D eigenvalue weighted by Crippen LogP contribution is -2.29. The third kappa shape index (κ3) is 3.63. The molecule has 0 aliphatic rings. The van der Waals surface area contributed by atoms with Gasteiger partial charge in [0.15, 0.2) is 0 Å². The number of aromatic nitrogens is 1. The quantitative estimate of drug-likeness (QED) is 0.855. The van der Waals surface area contributed by atoms with Gasteiger partial charge in [-0.05, 0) is 18.1 Å². The third-order valence-electron chi connectivity index (χ3n) is 2.00. The maximum atomic E-state index is 11.6. The SMILES string of the molecule is CC(CBr)CNC(=O)c1ccc(C#N)cn1. The minimum absolute atomic E-state index is 0.211. The fraction of sp³-hybridized carbons (Fsp3) is 0.364. The number of nitrogens with one attached hydrogen (secondary N) is 1. The van der Waals surface area contributed by atoms with Crippen LogP contribution in [0.5, 0.6) is 0 Å². The van der Waals surface area contributed by atoms with Gasteiger partial charge >= 0.3 is 0 Å². The van der Waals surface area contributed by atoms with Gasteiger partial charge in [-0.2, -0.15) is 5.26 Å². The minimum atomic E-state index is -0.211. The van der Waals surface area contributed by atoms with Crippen LogP contribution in [0.4, 0.5) is 0 Å². The molecule has 0 saturated heterocycles. The van der Waals surface area contributed by atoms with Gasteiger partial charge in [-0.25, -0.2) is 4.98 Å². The highest BCUT2D eigenvalue weighted by molar-refractivity contribution is 9.09. The summed E-state index contributed by atoms with van der Waals surface area (Å²) in [6.45, 7) is 2.63. The zero-order chi connectivity index (χ0) is 12.0. The second-order valence-electron chi connectivity index (χ2n) is 3.51. The Hall–Kier alpha value is -1.41. The van der Waals surface area contributed by atoms with Gasteiger partial charge in [-0.3, -0.25) is 4.79 Å². The van der Waals surface area contributed by atoms with Crippen molar-refractivity contribution in [1.29, 1.82) is 5.26 Å². The van der Waals surface area contributed by atoms with Crippen LogP contribution in [0.3, 0.4) is 0 Å². The largest absolute Gasteiger partial charge is 0.350 e. The van der Waals surface area contributed by atoms with E-state index in [1.165, 1.54) is 6.20 Å². The summed E-state index contributed by atoms with van der Waals surface area (Å²) < 4.78 is 0. The number of carbonyl (C=O) groups excluding carboxylic acids is 1. The van der Waals surface area contributed by atoms with Crippen molar-refractivity contribution in [2.24, 2.45) is 5.92 Å². The Morgan fingerprint density at radius 3 is 2.94 bits per heavy atom. The van der Waals surface area contributed by atoms with Crippen LogP contribution in [-0.4, -0.2) is 22.8 Å². The fourth-order valence-electron chi connectivity index (χ4n) is 1.01. The first-order valence-electron chi connectivity index (χ1n) is 4.87. The van der Waals surface area contributed by atoms with E-state index in [2.05, 4.69) is 26.2 Å². The molecule has 4 nitrogen and oxygen atoms in total. The highest BCUT2D eigenvalue weighted by Gasteiger charge is 2.08. The van der Waals surface area contributed by atoms with E-state index in [1.807, 2.05) is 13.0 Å². The van der Waals surface area contributed by atoms with E-state index in [0.29, 0.717) is 23.7 Å². The molecule has 0 bridgehead atoms. The summed E-state index contributed by atoms with van der Waals surface area (Å²) in [5.41, 5.74) is 0.783. The summed E-state index contributed by atoms with van der Waals surface area (Å²) in [6, 6.07) is 5.08. The molecule has 1 rings (SSSR count). The molecule has 0 aromatic carbocycles. The smallest absolute Gasteiger partial charge is 0.269 e. The van der Waals surface area contributed by atoms with E-state index in [-0.39, 0.29) is 5.91 Å². The fourth-order valence-corrected chi connectivity index (χ4v) is 1.24. The van der Waals surface area contributed by atoms with Crippen molar-refractivity contribution in [2.45, 2.75) is 6.92 Å². The minimum Gasteiger partial charge on any atom is -0.350 e. The highest BCUT2D eigenvalue weighted by Crippen LogP contribution is 2.01. The molecule has 1 aromatic rings. The average Bonchev–Trinajstić information content (AvgIpc) is 2.35. The molecule has 1 N–H and O–H groups in total. The van der Waals surface area contributed by atoms with Gasteiger partial charge in [0.1, 0.15) is 11.8 Å². The molecule has 0 spiro atoms. The Morgan fingerprint density at radius 2 is 2.44 bits per heavy atom. The molecule has 1 unspecified atom stereocenters. The Labute approximate surface area is 103 Å². The van der Waals surface area contributed by atoms with Crippen molar-refractivity contribution in [3.8, 4) is 6.07 Å². The van der Waals surface area contributed by atoms with Gasteiger partial charge in [0.05, 0.1) is 5.56 Å². The first kappa shape index (κ1) is 12.7. The number of pyridine rings is 1. The molecule has 1 heterocycles. The van der Waals surface area contributed by atoms with Gasteiger partial charge < -0.3 is 5.32 Å². The standard InChI is InChI=1S/C11H12BrN3O/c1-8(4-12)6-15-11(16)10-3-2-9(5-13)7-14-10/h2-3,7-8H,4,6H2,1H3,(H,15,16). The summed E-state index contributed by atoms with van der Waals surface area (Å²) in [6.07, 6.45) is 1.39. The molecule has 0 saturated carbocycles. The topological polar surface area (TPSA) is 65.8 Å². The molecule has 1 atom stereocenters. The summed E-state index contributed by atoms with van der Waals surface area (Å²) in [4.78, 5) is 15.5. The van der Waals surface area contributed by atoms with Crippen LogP contribution in [0.2, 0.25) is 0 Å². The summed E-state index contributed by atoms with van der Waals surface area (Å²) in [7, 11) is 0. The molecule has 84 valence electrons. The van der Waals surface area contributed by atoms with Gasteiger partial charge in [0.25, 0.3) is 5.91 Å². The lowest BCUT2D eigenvalue weighted by Gasteiger charge is -2.08. The lowest BCUT2D eigenvalue weighted by atomic mass is 10.2. The second-order valence-corrected chi connectivity index (χ2v) is 4.16. The number of rotatable bonds is 4. The number of hydrogen-bond donors (Lipinski definition) is 1. The Morgan fingerprint density at radius 1 is 1.69 bits per heavy atom. The molecule has 1 amide bonds. The summed E-state index contributed by atoms with van der Waals surface area (Å²) >= 11 is 3.34. The van der Waals surface area contributed by atoms with Crippen molar-refractivity contribution in [1.82, 2.24) is 10.3 Å². The van der Waals surface area contributed by atoms with E-state index >= 15 is 0 Å². The normalized spacial score (nSPS) is 11.6. The van der Waals surface area contributed by atoms with E-state index in [4.69, 9.17) is 5.26 Å². The third-order valence-corrected chi connectivity index (χ3v) is 3.11. The van der Waals surface area contributed by atoms with Crippen molar-refractivity contribution < 1.29 is 4.79 Å². The number of nitriles is 1. The predicted octanol–water partition coefficient (Wildman–Crippen LogP) is 1.71. The molecule has 0 aliphatic heterocycles. The highest BCUT2D eigenvalue weighted by atomic mass is 79.9. The molecule has 5 heteroatoms. The van der Waals surface area contributed by atoms with E-state index < -0.39 is 0 Å². The number of amides is 1. The summed E-state index contributed by atoms with van der Waals surface area (Å²) in [5, 5.41) is 12.2. The second kappa shape index (κ2) is 6.23. The Kier molecular flexibility index (Phi) is 4.93. The molecular formula is C11H12BrN3O. The van der Waals surface area contributed by atoms with Crippen molar-refractivity contribution in [3.63, 3.8) is 0 Å². The van der Waals surface area contributed by atoms with Crippen LogP contribution in [0.1, 0.15) is 23.0 Å². The van der Waals surface area contributed by atoms with Crippen molar-refractivity contribution >= 4 is 21.8 Å². The zero-order valence-electron chi connectivity index (χ0n) is 8.90. The molecule has 16 heavy (non-hydrogen) atoms. The average molecular weight is 282 g/mol. The maximum Gasteiger partial charge on any atom is 0.269 e. The molecule has 0 radical (unpaired) electrons. The lowest BCUT2D eigenvalue weighted by molar-refractivity contribution is 0.0944. The number of halogens is 1. The van der Waals surface area contributed by atoms with E-state index in [0.717, 1.165) is 5.33 Å². The molecular weight excluding hydrogens is 270 g/mol. The Balaban J connectivity index is 2.57. The first-order chi connectivity index (χ1) is 7.67. The van der Waals surface area contributed by atoms with Crippen LogP contribution < -0.4 is 5.32 Å². The number of carbonyl (C=O) groups is 1. The predicted molar refractivity (Wildman–Crippen MR) is 64.2 cm³/mol. The van der Waals surface area contributed by atoms with Gasteiger partial charge in [0.2, 0.25) is 0 Å². The van der Waals surface area contributed by atoms with Crippen LogP contribution in [-0.2, 0) is 0 Å². The van der Waals surface area contributed by atoms with E-state index in [1.54, 1.807) is 12.1 Å². The first-order valence-corrected chi connectivity index (χ1v) is 6.00. The van der Waals surface area contributed by atoms with Crippen LogP contribution in [0, 0.1) is 17.2 Å². The molecule has 0 aliphatic carbocycles. The molecule has 0 fully saturated rings. The van der Waals surface area contributed by atoms with E-state index in [9.17, 15) is 4.79 Å². The number of nitrogens with zero attached hydrogens (tertiary/aromatic N) is 2. The maximum absolute atomic E-state index is 11.6.